The first-order valence-corrected chi connectivity index (χ1v) is 6.60. The lowest BCUT2D eigenvalue weighted by Gasteiger charge is -2.07. The third kappa shape index (κ3) is 3.98. The van der Waals surface area contributed by atoms with E-state index < -0.39 is 0 Å². The van der Waals surface area contributed by atoms with E-state index in [2.05, 4.69) is 5.32 Å². The number of hydrogen-bond acceptors (Lipinski definition) is 1. The van der Waals surface area contributed by atoms with Crippen LogP contribution in [0.3, 0.4) is 0 Å². The normalized spacial score (nSPS) is 10.3. The molecular weight excluding hydrogens is 281 g/mol. The molecule has 0 spiro atoms. The average molecular weight is 294 g/mol. The van der Waals surface area contributed by atoms with Gasteiger partial charge in [0.2, 0.25) is 5.91 Å². The summed E-state index contributed by atoms with van der Waals surface area (Å²) in [5.41, 5.74) is 2.77. The maximum absolute atomic E-state index is 11.9. The number of nitrogens with one attached hydrogen (secondary N) is 1. The number of carbonyl (C=O) groups excluding carboxylic acids is 1. The van der Waals surface area contributed by atoms with Crippen molar-refractivity contribution >= 4 is 34.8 Å². The Morgan fingerprint density at radius 2 is 1.89 bits per heavy atom. The Labute approximate surface area is 122 Å². The van der Waals surface area contributed by atoms with Crippen molar-refractivity contribution < 1.29 is 4.79 Å². The molecule has 0 aliphatic rings. The van der Waals surface area contributed by atoms with Gasteiger partial charge in [-0.1, -0.05) is 53.0 Å². The molecule has 0 fully saturated rings. The van der Waals surface area contributed by atoms with Gasteiger partial charge in [-0.05, 0) is 30.7 Å². The summed E-state index contributed by atoms with van der Waals surface area (Å²) in [4.78, 5) is 11.9. The molecule has 0 saturated heterocycles. The van der Waals surface area contributed by atoms with Crippen molar-refractivity contribution in [2.45, 2.75) is 13.3 Å². The van der Waals surface area contributed by atoms with Crippen molar-refractivity contribution in [1.29, 1.82) is 0 Å². The van der Waals surface area contributed by atoms with Gasteiger partial charge < -0.3 is 5.32 Å². The molecule has 0 unspecified atom stereocenters. The fourth-order valence-electron chi connectivity index (χ4n) is 1.79. The highest BCUT2D eigenvalue weighted by Crippen LogP contribution is 2.25. The van der Waals surface area contributed by atoms with E-state index in [0.717, 1.165) is 11.1 Å². The fourth-order valence-corrected chi connectivity index (χ4v) is 2.08. The molecule has 2 aromatic rings. The number of carbonyl (C=O) groups is 1. The molecule has 2 rings (SSSR count). The van der Waals surface area contributed by atoms with Crippen molar-refractivity contribution in [3.63, 3.8) is 0 Å². The van der Waals surface area contributed by atoms with Crippen LogP contribution in [0.5, 0.6) is 0 Å². The molecule has 2 aromatic carbocycles. The minimum atomic E-state index is -0.0796. The molecule has 1 N–H and O–H groups in total. The zero-order valence-electron chi connectivity index (χ0n) is 10.4. The zero-order valence-corrected chi connectivity index (χ0v) is 11.9. The molecular formula is C15H13Cl2NO. The lowest BCUT2D eigenvalue weighted by Crippen LogP contribution is -2.14. The molecule has 1 amide bonds. The maximum Gasteiger partial charge on any atom is 0.228 e. The molecule has 0 aliphatic carbocycles. The summed E-state index contributed by atoms with van der Waals surface area (Å²) in [6.45, 7) is 2.00. The van der Waals surface area contributed by atoms with E-state index in [1.165, 1.54) is 0 Å². The van der Waals surface area contributed by atoms with Gasteiger partial charge in [-0.15, -0.1) is 0 Å². The molecule has 19 heavy (non-hydrogen) atoms. The number of amides is 1. The van der Waals surface area contributed by atoms with Crippen LogP contribution < -0.4 is 5.32 Å². The molecule has 0 saturated carbocycles. The lowest BCUT2D eigenvalue weighted by atomic mass is 10.1. The van der Waals surface area contributed by atoms with Gasteiger partial charge in [0.05, 0.1) is 16.5 Å². The Morgan fingerprint density at radius 1 is 1.11 bits per heavy atom. The number of benzene rings is 2. The topological polar surface area (TPSA) is 29.1 Å². The largest absolute Gasteiger partial charge is 0.326 e. The summed E-state index contributed by atoms with van der Waals surface area (Å²) < 4.78 is 0. The van der Waals surface area contributed by atoms with E-state index in [1.54, 1.807) is 18.2 Å². The lowest BCUT2D eigenvalue weighted by molar-refractivity contribution is -0.115. The Morgan fingerprint density at radius 3 is 2.58 bits per heavy atom. The predicted octanol–water partition coefficient (Wildman–Crippen LogP) is 4.48. The van der Waals surface area contributed by atoms with Gasteiger partial charge >= 0.3 is 0 Å². The van der Waals surface area contributed by atoms with Gasteiger partial charge in [0, 0.05) is 5.69 Å². The summed E-state index contributed by atoms with van der Waals surface area (Å²) in [6, 6.07) is 12.9. The van der Waals surface area contributed by atoms with E-state index in [0.29, 0.717) is 22.2 Å². The van der Waals surface area contributed by atoms with Gasteiger partial charge in [0.1, 0.15) is 0 Å². The first kappa shape index (κ1) is 13.9. The zero-order chi connectivity index (χ0) is 13.8. The Balaban J connectivity index is 2.03. The van der Waals surface area contributed by atoms with Gasteiger partial charge in [-0.25, -0.2) is 0 Å². The molecule has 0 radical (unpaired) electrons. The summed E-state index contributed by atoms with van der Waals surface area (Å²) in [5.74, 6) is -0.0796. The average Bonchev–Trinajstić information content (AvgIpc) is 2.34. The second-order valence-corrected chi connectivity index (χ2v) is 5.16. The highest BCUT2D eigenvalue weighted by Gasteiger charge is 2.06. The minimum Gasteiger partial charge on any atom is -0.326 e. The van der Waals surface area contributed by atoms with E-state index in [9.17, 15) is 4.79 Å². The molecule has 0 bridgehead atoms. The van der Waals surface area contributed by atoms with E-state index in [1.807, 2.05) is 31.2 Å². The summed E-state index contributed by atoms with van der Waals surface area (Å²) in [5, 5.41) is 3.69. The van der Waals surface area contributed by atoms with E-state index in [4.69, 9.17) is 23.2 Å². The van der Waals surface area contributed by atoms with Gasteiger partial charge in [-0.2, -0.15) is 0 Å². The quantitative estimate of drug-likeness (QED) is 0.888. The van der Waals surface area contributed by atoms with E-state index in [-0.39, 0.29) is 5.91 Å². The summed E-state index contributed by atoms with van der Waals surface area (Å²) in [7, 11) is 0. The van der Waals surface area contributed by atoms with Crippen LogP contribution >= 0.6 is 23.2 Å². The van der Waals surface area contributed by atoms with Crippen LogP contribution in [0.4, 0.5) is 5.69 Å². The van der Waals surface area contributed by atoms with Crippen LogP contribution in [0.15, 0.2) is 42.5 Å². The summed E-state index contributed by atoms with van der Waals surface area (Å²) >= 11 is 11.7. The fraction of sp³-hybridized carbons (Fsp3) is 0.133. The highest BCUT2D eigenvalue weighted by molar-refractivity contribution is 6.42. The molecule has 0 aromatic heterocycles. The number of rotatable bonds is 3. The standard InChI is InChI=1S/C15H13Cl2NO/c1-10-3-2-4-11(7-10)8-15(19)18-12-5-6-13(16)14(17)9-12/h2-7,9H,8H2,1H3,(H,18,19). The van der Waals surface area contributed by atoms with Crippen LogP contribution in [-0.4, -0.2) is 5.91 Å². The smallest absolute Gasteiger partial charge is 0.228 e. The number of halogens is 2. The second kappa shape index (κ2) is 6.09. The van der Waals surface area contributed by atoms with Crippen LogP contribution in [0.2, 0.25) is 10.0 Å². The van der Waals surface area contributed by atoms with Crippen molar-refractivity contribution in [2.24, 2.45) is 0 Å². The molecule has 0 heterocycles. The molecule has 2 nitrogen and oxygen atoms in total. The van der Waals surface area contributed by atoms with Gasteiger partial charge in [0.25, 0.3) is 0 Å². The molecule has 0 aliphatic heterocycles. The van der Waals surface area contributed by atoms with Crippen molar-refractivity contribution in [2.75, 3.05) is 5.32 Å². The first-order valence-electron chi connectivity index (χ1n) is 5.85. The van der Waals surface area contributed by atoms with Crippen molar-refractivity contribution in [3.05, 3.63) is 63.6 Å². The van der Waals surface area contributed by atoms with Crippen molar-refractivity contribution in [1.82, 2.24) is 0 Å². The van der Waals surface area contributed by atoms with Crippen LogP contribution in [-0.2, 0) is 11.2 Å². The molecule has 0 atom stereocenters. The van der Waals surface area contributed by atoms with Crippen molar-refractivity contribution in [3.8, 4) is 0 Å². The maximum atomic E-state index is 11.9. The Kier molecular flexibility index (Phi) is 4.46. The summed E-state index contributed by atoms with van der Waals surface area (Å²) in [6.07, 6.45) is 0.335. The second-order valence-electron chi connectivity index (χ2n) is 4.34. The number of anilines is 1. The van der Waals surface area contributed by atoms with E-state index >= 15 is 0 Å². The van der Waals surface area contributed by atoms with Gasteiger partial charge in [-0.3, -0.25) is 4.79 Å². The first-order chi connectivity index (χ1) is 9.04. The number of hydrogen-bond donors (Lipinski definition) is 1. The van der Waals surface area contributed by atoms with Crippen LogP contribution in [0, 0.1) is 6.92 Å². The third-order valence-corrected chi connectivity index (χ3v) is 3.39. The van der Waals surface area contributed by atoms with Gasteiger partial charge in [0.15, 0.2) is 0 Å². The van der Waals surface area contributed by atoms with Crippen LogP contribution in [0.1, 0.15) is 11.1 Å². The minimum absolute atomic E-state index is 0.0796. The number of aryl methyl sites for hydroxylation is 1. The molecule has 98 valence electrons. The monoisotopic (exact) mass is 293 g/mol. The molecule has 4 heteroatoms. The SMILES string of the molecule is Cc1cccc(CC(=O)Nc2ccc(Cl)c(Cl)c2)c1. The third-order valence-electron chi connectivity index (χ3n) is 2.65. The predicted molar refractivity (Wildman–Crippen MR) is 80.0 cm³/mol. The highest BCUT2D eigenvalue weighted by atomic mass is 35.5. The van der Waals surface area contributed by atoms with Crippen LogP contribution in [0.25, 0.3) is 0 Å². The Hall–Kier alpha value is -1.51. The Bertz CT molecular complexity index is 611.